The van der Waals surface area contributed by atoms with Crippen LogP contribution >= 0.6 is 11.8 Å². The summed E-state index contributed by atoms with van der Waals surface area (Å²) in [5.41, 5.74) is 0.917. The first-order chi connectivity index (χ1) is 14.6. The first-order valence-electron chi connectivity index (χ1n) is 10.0. The third-order valence-electron chi connectivity index (χ3n) is 5.08. The molecule has 0 spiro atoms. The predicted molar refractivity (Wildman–Crippen MR) is 113 cm³/mol. The predicted octanol–water partition coefficient (Wildman–Crippen LogP) is 3.39. The number of methoxy groups -OCH3 is 1. The summed E-state index contributed by atoms with van der Waals surface area (Å²) in [7, 11) is 1.32. The van der Waals surface area contributed by atoms with Gasteiger partial charge in [-0.05, 0) is 31.0 Å². The van der Waals surface area contributed by atoms with Gasteiger partial charge in [0.1, 0.15) is 11.3 Å². The molecule has 1 aliphatic carbocycles. The third-order valence-corrected chi connectivity index (χ3v) is 6.15. The SMILES string of the molecule is COC(=O)c1ccoc1CSc1ccccc1C(=O)NCCNC(=O)C1CCCC1. The Labute approximate surface area is 179 Å². The molecule has 1 heterocycles. The minimum absolute atomic E-state index is 0.0811. The van der Waals surface area contributed by atoms with E-state index < -0.39 is 5.97 Å². The van der Waals surface area contributed by atoms with Crippen LogP contribution in [0.3, 0.4) is 0 Å². The van der Waals surface area contributed by atoms with Crippen LogP contribution in [0.1, 0.15) is 52.2 Å². The van der Waals surface area contributed by atoms with Gasteiger partial charge >= 0.3 is 5.97 Å². The molecule has 1 saturated carbocycles. The molecule has 3 rings (SSSR count). The Morgan fingerprint density at radius 3 is 2.57 bits per heavy atom. The Morgan fingerprint density at radius 2 is 1.80 bits per heavy atom. The summed E-state index contributed by atoms with van der Waals surface area (Å²) >= 11 is 1.40. The van der Waals surface area contributed by atoms with Crippen molar-refractivity contribution in [1.82, 2.24) is 10.6 Å². The lowest BCUT2D eigenvalue weighted by Gasteiger charge is -2.12. The molecular weight excluding hydrogens is 404 g/mol. The monoisotopic (exact) mass is 430 g/mol. The van der Waals surface area contributed by atoms with E-state index in [4.69, 9.17) is 9.15 Å². The molecule has 2 N–H and O–H groups in total. The molecule has 1 aliphatic rings. The number of amides is 2. The minimum Gasteiger partial charge on any atom is -0.468 e. The Balaban J connectivity index is 1.51. The average molecular weight is 431 g/mol. The molecule has 0 bridgehead atoms. The van der Waals surface area contributed by atoms with Gasteiger partial charge < -0.3 is 19.8 Å². The van der Waals surface area contributed by atoms with E-state index in [-0.39, 0.29) is 17.7 Å². The highest BCUT2D eigenvalue weighted by Crippen LogP contribution is 2.28. The summed E-state index contributed by atoms with van der Waals surface area (Å²) in [6.45, 7) is 0.770. The maximum Gasteiger partial charge on any atom is 0.341 e. The van der Waals surface area contributed by atoms with Gasteiger partial charge in [0.25, 0.3) is 5.91 Å². The zero-order valence-electron chi connectivity index (χ0n) is 16.9. The number of rotatable bonds is 9. The highest BCUT2D eigenvalue weighted by molar-refractivity contribution is 7.98. The van der Waals surface area contributed by atoms with Gasteiger partial charge in [0, 0.05) is 23.9 Å². The summed E-state index contributed by atoms with van der Waals surface area (Å²) in [5.74, 6) is 0.425. The number of esters is 1. The van der Waals surface area contributed by atoms with Crippen LogP contribution in [0.2, 0.25) is 0 Å². The molecule has 30 heavy (non-hydrogen) atoms. The summed E-state index contributed by atoms with van der Waals surface area (Å²) in [4.78, 5) is 37.2. The van der Waals surface area contributed by atoms with E-state index in [1.165, 1.54) is 25.1 Å². The molecule has 1 aromatic heterocycles. The fraction of sp³-hybridized carbons (Fsp3) is 0.409. The second kappa shape index (κ2) is 10.9. The number of nitrogens with one attached hydrogen (secondary N) is 2. The number of hydrogen-bond donors (Lipinski definition) is 2. The van der Waals surface area contributed by atoms with Crippen molar-refractivity contribution in [2.45, 2.75) is 36.3 Å². The number of thioether (sulfide) groups is 1. The number of carbonyl (C=O) groups is 3. The molecule has 2 aromatic rings. The van der Waals surface area contributed by atoms with Crippen molar-refractivity contribution in [2.24, 2.45) is 5.92 Å². The number of furan rings is 1. The molecule has 1 aromatic carbocycles. The van der Waals surface area contributed by atoms with E-state index in [0.717, 1.165) is 30.6 Å². The molecule has 160 valence electrons. The van der Waals surface area contributed by atoms with Gasteiger partial charge in [0.05, 0.1) is 24.7 Å². The van der Waals surface area contributed by atoms with Crippen molar-refractivity contribution in [2.75, 3.05) is 20.2 Å². The average Bonchev–Trinajstić information content (AvgIpc) is 3.47. The Hall–Kier alpha value is -2.74. The molecule has 0 saturated heterocycles. The molecule has 8 heteroatoms. The van der Waals surface area contributed by atoms with Gasteiger partial charge in [-0.3, -0.25) is 9.59 Å². The lowest BCUT2D eigenvalue weighted by atomic mass is 10.1. The maximum absolute atomic E-state index is 12.6. The smallest absolute Gasteiger partial charge is 0.341 e. The number of carbonyl (C=O) groups excluding carboxylic acids is 3. The van der Waals surface area contributed by atoms with Crippen LogP contribution in [0.15, 0.2) is 45.9 Å². The Kier molecular flexibility index (Phi) is 7.96. The highest BCUT2D eigenvalue weighted by atomic mass is 32.2. The fourth-order valence-corrected chi connectivity index (χ4v) is 4.46. The van der Waals surface area contributed by atoms with Crippen LogP contribution < -0.4 is 10.6 Å². The fourth-order valence-electron chi connectivity index (χ4n) is 3.46. The quantitative estimate of drug-likeness (QED) is 0.360. The molecule has 0 atom stereocenters. The van der Waals surface area contributed by atoms with Crippen LogP contribution in [0.25, 0.3) is 0 Å². The number of ether oxygens (including phenoxy) is 1. The van der Waals surface area contributed by atoms with Crippen molar-refractivity contribution >= 4 is 29.5 Å². The molecule has 0 aliphatic heterocycles. The number of hydrogen-bond acceptors (Lipinski definition) is 6. The van der Waals surface area contributed by atoms with Gasteiger partial charge in [0.15, 0.2) is 0 Å². The van der Waals surface area contributed by atoms with Crippen LogP contribution in [-0.4, -0.2) is 38.0 Å². The summed E-state index contributed by atoms with van der Waals surface area (Å²) in [6, 6.07) is 8.82. The van der Waals surface area contributed by atoms with Gasteiger partial charge in [-0.15, -0.1) is 11.8 Å². The second-order valence-electron chi connectivity index (χ2n) is 7.06. The number of benzene rings is 1. The van der Waals surface area contributed by atoms with Crippen molar-refractivity contribution in [3.63, 3.8) is 0 Å². The second-order valence-corrected chi connectivity index (χ2v) is 8.08. The van der Waals surface area contributed by atoms with Crippen molar-refractivity contribution in [1.29, 1.82) is 0 Å². The molecule has 2 amide bonds. The Morgan fingerprint density at radius 1 is 1.07 bits per heavy atom. The molecule has 0 unspecified atom stereocenters. The van der Waals surface area contributed by atoms with Crippen LogP contribution in [-0.2, 0) is 15.3 Å². The van der Waals surface area contributed by atoms with Crippen LogP contribution in [0.5, 0.6) is 0 Å². The van der Waals surface area contributed by atoms with Gasteiger partial charge in [-0.25, -0.2) is 4.79 Å². The highest BCUT2D eigenvalue weighted by Gasteiger charge is 2.22. The standard InChI is InChI=1S/C22H26N2O5S/c1-28-22(27)16-10-13-29-18(16)14-30-19-9-5-4-8-17(19)21(26)24-12-11-23-20(25)15-6-2-3-7-15/h4-5,8-10,13,15H,2-3,6-7,11-12,14H2,1H3,(H,23,25)(H,24,26). The maximum atomic E-state index is 12.6. The van der Waals surface area contributed by atoms with E-state index >= 15 is 0 Å². The first kappa shape index (κ1) is 22.0. The summed E-state index contributed by atoms with van der Waals surface area (Å²) in [5, 5.41) is 5.75. The lowest BCUT2D eigenvalue weighted by molar-refractivity contribution is -0.124. The zero-order chi connectivity index (χ0) is 21.3. The molecule has 0 radical (unpaired) electrons. The zero-order valence-corrected chi connectivity index (χ0v) is 17.8. The third kappa shape index (κ3) is 5.66. The molecular formula is C22H26N2O5S. The van der Waals surface area contributed by atoms with Gasteiger partial charge in [0.2, 0.25) is 5.91 Å². The largest absolute Gasteiger partial charge is 0.468 e. The minimum atomic E-state index is -0.454. The normalized spacial score (nSPS) is 13.8. The van der Waals surface area contributed by atoms with Crippen LogP contribution in [0.4, 0.5) is 0 Å². The van der Waals surface area contributed by atoms with Crippen molar-refractivity contribution in [3.05, 3.63) is 53.5 Å². The lowest BCUT2D eigenvalue weighted by Crippen LogP contribution is -2.37. The molecule has 1 fully saturated rings. The first-order valence-corrected chi connectivity index (χ1v) is 11.0. The van der Waals surface area contributed by atoms with E-state index in [2.05, 4.69) is 10.6 Å². The van der Waals surface area contributed by atoms with Gasteiger partial charge in [-0.1, -0.05) is 25.0 Å². The van der Waals surface area contributed by atoms with E-state index in [1.54, 1.807) is 18.2 Å². The van der Waals surface area contributed by atoms with E-state index in [0.29, 0.717) is 35.7 Å². The topological polar surface area (TPSA) is 97.6 Å². The van der Waals surface area contributed by atoms with E-state index in [1.807, 2.05) is 12.1 Å². The van der Waals surface area contributed by atoms with Crippen LogP contribution in [0, 0.1) is 5.92 Å². The summed E-state index contributed by atoms with van der Waals surface area (Å²) in [6.07, 6.45) is 5.58. The Bertz CT molecular complexity index is 889. The van der Waals surface area contributed by atoms with E-state index in [9.17, 15) is 14.4 Å². The molecule has 7 nitrogen and oxygen atoms in total. The van der Waals surface area contributed by atoms with Crippen molar-refractivity contribution in [3.8, 4) is 0 Å². The van der Waals surface area contributed by atoms with Crippen molar-refractivity contribution < 1.29 is 23.5 Å². The summed E-state index contributed by atoms with van der Waals surface area (Å²) < 4.78 is 10.1. The van der Waals surface area contributed by atoms with Gasteiger partial charge in [-0.2, -0.15) is 0 Å².